The van der Waals surface area contributed by atoms with Gasteiger partial charge in [-0.15, -0.1) is 0 Å². The second-order valence-corrected chi connectivity index (χ2v) is 8.30. The largest absolute Gasteiger partial charge is 0.355 e. The van der Waals surface area contributed by atoms with Gasteiger partial charge in [-0.1, -0.05) is 0 Å². The van der Waals surface area contributed by atoms with Crippen molar-refractivity contribution in [2.45, 2.75) is 49.4 Å². The molecular weight excluding hydrogens is 288 g/mol. The van der Waals surface area contributed by atoms with Crippen LogP contribution in [0.1, 0.15) is 13.8 Å². The number of likely N-dealkylation sites (N-methyl/N-ethyl adjacent to an activating group) is 1. The van der Waals surface area contributed by atoms with Crippen molar-refractivity contribution in [3.8, 4) is 0 Å². The first-order chi connectivity index (χ1) is 9.12. The van der Waals surface area contributed by atoms with Gasteiger partial charge >= 0.3 is 0 Å². The van der Waals surface area contributed by atoms with Crippen molar-refractivity contribution < 1.29 is 27.4 Å². The number of fused-ring (bicyclic) bond motifs is 1. The highest BCUT2D eigenvalue weighted by atomic mass is 32.2. The Bertz CT molecular complexity index is 579. The third-order valence-electron chi connectivity index (χ3n) is 4.79. The maximum absolute atomic E-state index is 12.3. The number of hydrogen-bond donors (Lipinski definition) is 1. The van der Waals surface area contributed by atoms with Crippen LogP contribution in [0.15, 0.2) is 0 Å². The molecule has 9 heteroatoms. The third-order valence-corrected chi connectivity index (χ3v) is 6.72. The lowest BCUT2D eigenvalue weighted by Gasteiger charge is -2.40. The molecule has 1 spiro atoms. The Hall–Kier alpha value is -0.290. The number of hydrogen-bond acceptors (Lipinski definition) is 7. The van der Waals surface area contributed by atoms with Crippen LogP contribution < -0.4 is 5.73 Å². The van der Waals surface area contributed by atoms with Crippen molar-refractivity contribution in [1.29, 1.82) is 0 Å². The Morgan fingerprint density at radius 3 is 2.70 bits per heavy atom. The molecule has 4 rings (SSSR count). The second kappa shape index (κ2) is 3.37. The van der Waals surface area contributed by atoms with Gasteiger partial charge in [0.1, 0.15) is 23.5 Å². The Labute approximate surface area is 117 Å². The highest BCUT2D eigenvalue weighted by molar-refractivity contribution is 7.89. The fourth-order valence-corrected chi connectivity index (χ4v) is 5.89. The minimum absolute atomic E-state index is 0.233. The lowest BCUT2D eigenvalue weighted by molar-refractivity contribution is -0.213. The van der Waals surface area contributed by atoms with Crippen molar-refractivity contribution in [1.82, 2.24) is 4.31 Å². The monoisotopic (exact) mass is 306 g/mol. The quantitative estimate of drug-likeness (QED) is 0.585. The van der Waals surface area contributed by atoms with E-state index in [0.717, 1.165) is 0 Å². The molecular formula is C11H18N2O6S. The molecule has 8 nitrogen and oxygen atoms in total. The van der Waals surface area contributed by atoms with Gasteiger partial charge < -0.3 is 24.7 Å². The minimum Gasteiger partial charge on any atom is -0.355 e. The summed E-state index contributed by atoms with van der Waals surface area (Å²) in [7, 11) is -2.01. The predicted octanol–water partition coefficient (Wildman–Crippen LogP) is -1.44. The van der Waals surface area contributed by atoms with Crippen LogP contribution in [0.5, 0.6) is 0 Å². The second-order valence-electron chi connectivity index (χ2n) is 6.30. The molecule has 0 unspecified atom stereocenters. The van der Waals surface area contributed by atoms with E-state index in [9.17, 15) is 8.42 Å². The standard InChI is InChI=1S/C11H18N2O6S/c1-9(2)18-7-8(19-9)17-6-4-16-10(12)5-20(14,15)13(3)11(6,7)10/h6-8H,4-5,12H2,1-3H3/t6-,7+,8-,10+,11-/m1/s1. The molecule has 4 fully saturated rings. The summed E-state index contributed by atoms with van der Waals surface area (Å²) in [6.45, 7) is 3.76. The summed E-state index contributed by atoms with van der Waals surface area (Å²) in [5.74, 6) is -1.12. The van der Waals surface area contributed by atoms with E-state index < -0.39 is 45.6 Å². The van der Waals surface area contributed by atoms with Crippen LogP contribution in [0.3, 0.4) is 0 Å². The van der Waals surface area contributed by atoms with Crippen LogP contribution in [0.25, 0.3) is 0 Å². The highest BCUT2D eigenvalue weighted by Crippen LogP contribution is 2.57. The summed E-state index contributed by atoms with van der Waals surface area (Å²) in [6, 6.07) is 0. The molecule has 20 heavy (non-hydrogen) atoms. The maximum Gasteiger partial charge on any atom is 0.218 e. The summed E-state index contributed by atoms with van der Waals surface area (Å²) in [5.41, 5.74) is 3.89. The molecule has 4 heterocycles. The van der Waals surface area contributed by atoms with E-state index in [4.69, 9.17) is 24.7 Å². The van der Waals surface area contributed by atoms with Crippen LogP contribution in [0, 0.1) is 0 Å². The van der Waals surface area contributed by atoms with E-state index in [-0.39, 0.29) is 12.4 Å². The first kappa shape index (κ1) is 13.4. The van der Waals surface area contributed by atoms with Crippen molar-refractivity contribution in [3.63, 3.8) is 0 Å². The average molecular weight is 306 g/mol. The third kappa shape index (κ3) is 1.26. The van der Waals surface area contributed by atoms with Gasteiger partial charge in [0.05, 0.1) is 6.61 Å². The van der Waals surface area contributed by atoms with Crippen molar-refractivity contribution in [2.75, 3.05) is 19.4 Å². The van der Waals surface area contributed by atoms with Gasteiger partial charge in [-0.2, -0.15) is 4.31 Å². The van der Waals surface area contributed by atoms with Gasteiger partial charge in [0.2, 0.25) is 10.0 Å². The fraction of sp³-hybridized carbons (Fsp3) is 1.00. The van der Waals surface area contributed by atoms with E-state index in [2.05, 4.69) is 0 Å². The Balaban J connectivity index is 1.88. The Morgan fingerprint density at radius 2 is 2.00 bits per heavy atom. The van der Waals surface area contributed by atoms with E-state index in [1.54, 1.807) is 13.8 Å². The van der Waals surface area contributed by atoms with Gasteiger partial charge in [-0.05, 0) is 13.8 Å². The van der Waals surface area contributed by atoms with Crippen molar-refractivity contribution in [3.05, 3.63) is 0 Å². The van der Waals surface area contributed by atoms with E-state index in [0.29, 0.717) is 0 Å². The number of nitrogens with two attached hydrogens (primary N) is 1. The zero-order valence-electron chi connectivity index (χ0n) is 11.5. The van der Waals surface area contributed by atoms with E-state index in [1.165, 1.54) is 11.4 Å². The summed E-state index contributed by atoms with van der Waals surface area (Å²) in [5, 5.41) is 0. The van der Waals surface area contributed by atoms with Crippen LogP contribution >= 0.6 is 0 Å². The number of rotatable bonds is 0. The molecule has 0 bridgehead atoms. The smallest absolute Gasteiger partial charge is 0.218 e. The number of ether oxygens (including phenoxy) is 4. The minimum atomic E-state index is -3.51. The molecule has 0 aliphatic carbocycles. The Kier molecular flexibility index (Phi) is 2.26. The van der Waals surface area contributed by atoms with E-state index in [1.807, 2.05) is 0 Å². The molecule has 114 valence electrons. The molecule has 2 N–H and O–H groups in total. The molecule has 4 saturated heterocycles. The summed E-state index contributed by atoms with van der Waals surface area (Å²) in [6.07, 6.45) is -1.71. The van der Waals surface area contributed by atoms with Crippen LogP contribution in [-0.2, 0) is 29.0 Å². The van der Waals surface area contributed by atoms with Gasteiger partial charge in [0.25, 0.3) is 0 Å². The van der Waals surface area contributed by atoms with Gasteiger partial charge in [0.15, 0.2) is 17.8 Å². The molecule has 0 aromatic heterocycles. The molecule has 4 aliphatic rings. The lowest BCUT2D eigenvalue weighted by Crippen LogP contribution is -2.69. The predicted molar refractivity (Wildman–Crippen MR) is 65.8 cm³/mol. The first-order valence-electron chi connectivity index (χ1n) is 6.53. The molecule has 5 atom stereocenters. The normalized spacial score (nSPS) is 55.7. The van der Waals surface area contributed by atoms with Crippen LogP contribution in [0.4, 0.5) is 0 Å². The molecule has 0 amide bonds. The topological polar surface area (TPSA) is 100 Å². The number of sulfonamides is 1. The molecule has 0 aromatic rings. The van der Waals surface area contributed by atoms with Crippen LogP contribution in [0.2, 0.25) is 0 Å². The van der Waals surface area contributed by atoms with E-state index >= 15 is 0 Å². The molecule has 4 aliphatic heterocycles. The van der Waals surface area contributed by atoms with Gasteiger partial charge in [0, 0.05) is 7.05 Å². The van der Waals surface area contributed by atoms with Crippen molar-refractivity contribution in [2.24, 2.45) is 5.73 Å². The molecule has 0 radical (unpaired) electrons. The zero-order valence-corrected chi connectivity index (χ0v) is 12.3. The maximum atomic E-state index is 12.3. The van der Waals surface area contributed by atoms with Crippen LogP contribution in [-0.4, -0.2) is 67.7 Å². The number of nitrogens with zero attached hydrogens (tertiary/aromatic N) is 1. The van der Waals surface area contributed by atoms with Gasteiger partial charge in [-0.25, -0.2) is 8.42 Å². The Morgan fingerprint density at radius 1 is 1.30 bits per heavy atom. The lowest BCUT2D eigenvalue weighted by atomic mass is 9.81. The molecule has 0 saturated carbocycles. The highest BCUT2D eigenvalue weighted by Gasteiger charge is 2.81. The SMILES string of the molecule is CN1[C@@]23[C@@H](CO[C@@]2(N)CS1(=O)=O)O[C@@H]1OC(C)(C)O[C@@H]13. The van der Waals surface area contributed by atoms with Crippen molar-refractivity contribution >= 4 is 10.0 Å². The average Bonchev–Trinajstić information content (AvgIpc) is 2.86. The summed E-state index contributed by atoms with van der Waals surface area (Å²) < 4.78 is 48.9. The van der Waals surface area contributed by atoms with Gasteiger partial charge in [-0.3, -0.25) is 0 Å². The summed E-state index contributed by atoms with van der Waals surface area (Å²) in [4.78, 5) is 0. The molecule has 0 aromatic carbocycles. The summed E-state index contributed by atoms with van der Waals surface area (Å²) >= 11 is 0. The first-order valence-corrected chi connectivity index (χ1v) is 8.14. The fourth-order valence-electron chi connectivity index (χ4n) is 4.00. The zero-order chi connectivity index (χ0) is 14.6.